The van der Waals surface area contributed by atoms with Crippen LogP contribution in [-0.2, 0) is 4.84 Å². The molecule has 0 saturated heterocycles. The molecule has 1 heterocycles. The molecule has 0 N–H and O–H groups in total. The lowest BCUT2D eigenvalue weighted by molar-refractivity contribution is -0.0243. The van der Waals surface area contributed by atoms with Crippen LogP contribution in [0.15, 0.2) is 5.16 Å². The maximum absolute atomic E-state index is 5.21. The zero-order valence-electron chi connectivity index (χ0n) is 6.05. The molecule has 0 unspecified atom stereocenters. The summed E-state index contributed by atoms with van der Waals surface area (Å²) in [6.45, 7) is 4.27. The molecule has 2 nitrogen and oxygen atoms in total. The highest BCUT2D eigenvalue weighted by Gasteiger charge is 2.30. The molecule has 52 valence electrons. The summed E-state index contributed by atoms with van der Waals surface area (Å²) in [6.07, 6.45) is 4.96. The predicted octanol–water partition coefficient (Wildman–Crippen LogP) is 1.95. The van der Waals surface area contributed by atoms with Gasteiger partial charge in [0.2, 0.25) is 0 Å². The molecule has 1 aliphatic heterocycles. The van der Waals surface area contributed by atoms with Crippen LogP contribution in [0.25, 0.3) is 0 Å². The molecule has 0 amide bonds. The van der Waals surface area contributed by atoms with E-state index >= 15 is 0 Å². The topological polar surface area (TPSA) is 21.6 Å². The van der Waals surface area contributed by atoms with Crippen molar-refractivity contribution in [3.63, 3.8) is 0 Å². The van der Waals surface area contributed by atoms with Crippen molar-refractivity contribution in [1.82, 2.24) is 0 Å². The van der Waals surface area contributed by atoms with Crippen molar-refractivity contribution in [2.24, 2.45) is 5.16 Å². The van der Waals surface area contributed by atoms with Gasteiger partial charge in [-0.25, -0.2) is 0 Å². The smallest absolute Gasteiger partial charge is 0.142 e. The van der Waals surface area contributed by atoms with Gasteiger partial charge >= 0.3 is 0 Å². The fraction of sp³-hybridized carbons (Fsp3) is 0.857. The maximum Gasteiger partial charge on any atom is 0.142 e. The average molecular weight is 127 g/mol. The van der Waals surface area contributed by atoms with Crippen LogP contribution in [0.5, 0.6) is 0 Å². The Labute approximate surface area is 55.9 Å². The lowest BCUT2D eigenvalue weighted by Gasteiger charge is -2.22. The summed E-state index contributed by atoms with van der Waals surface area (Å²) in [5.41, 5.74) is 0.0556. The third-order valence-corrected chi connectivity index (χ3v) is 2.07. The summed E-state index contributed by atoms with van der Waals surface area (Å²) >= 11 is 0. The largest absolute Gasteiger partial charge is 0.389 e. The van der Waals surface area contributed by atoms with Gasteiger partial charge in [0.1, 0.15) is 5.60 Å². The zero-order chi connectivity index (χ0) is 6.74. The van der Waals surface area contributed by atoms with Gasteiger partial charge in [0.15, 0.2) is 0 Å². The van der Waals surface area contributed by atoms with Gasteiger partial charge in [-0.2, -0.15) is 0 Å². The summed E-state index contributed by atoms with van der Waals surface area (Å²) in [7, 11) is 0. The van der Waals surface area contributed by atoms with E-state index in [-0.39, 0.29) is 5.60 Å². The first-order valence-electron chi connectivity index (χ1n) is 3.53. The third-order valence-electron chi connectivity index (χ3n) is 2.07. The molecule has 9 heavy (non-hydrogen) atoms. The lowest BCUT2D eigenvalue weighted by atomic mass is 9.95. The summed E-state index contributed by atoms with van der Waals surface area (Å²) < 4.78 is 0. The van der Waals surface area contributed by atoms with Gasteiger partial charge in [-0.3, -0.25) is 0 Å². The molecule has 0 spiro atoms. The highest BCUT2D eigenvalue weighted by molar-refractivity contribution is 5.59. The van der Waals surface area contributed by atoms with E-state index in [2.05, 4.69) is 19.0 Å². The first-order valence-corrected chi connectivity index (χ1v) is 3.53. The molecular weight excluding hydrogens is 114 g/mol. The first kappa shape index (κ1) is 6.59. The van der Waals surface area contributed by atoms with E-state index in [0.29, 0.717) is 0 Å². The zero-order valence-corrected chi connectivity index (χ0v) is 6.05. The van der Waals surface area contributed by atoms with Gasteiger partial charge in [0.25, 0.3) is 0 Å². The first-order chi connectivity index (χ1) is 4.33. The summed E-state index contributed by atoms with van der Waals surface area (Å²) in [5.74, 6) is 0. The number of oxime groups is 1. The average Bonchev–Trinajstić information content (AvgIpc) is 2.36. The molecule has 0 fully saturated rings. The van der Waals surface area contributed by atoms with E-state index in [0.717, 1.165) is 19.3 Å². The maximum atomic E-state index is 5.21. The highest BCUT2D eigenvalue weighted by atomic mass is 16.7. The van der Waals surface area contributed by atoms with Crippen LogP contribution >= 0.6 is 0 Å². The monoisotopic (exact) mass is 127 g/mol. The van der Waals surface area contributed by atoms with Crippen molar-refractivity contribution in [1.29, 1.82) is 0 Å². The fourth-order valence-electron chi connectivity index (χ4n) is 1.06. The van der Waals surface area contributed by atoms with Gasteiger partial charge in [-0.05, 0) is 12.8 Å². The second kappa shape index (κ2) is 2.38. The molecule has 0 atom stereocenters. The number of hydrogen-bond acceptors (Lipinski definition) is 2. The third kappa shape index (κ3) is 1.07. The van der Waals surface area contributed by atoms with Crippen molar-refractivity contribution in [3.05, 3.63) is 0 Å². The van der Waals surface area contributed by atoms with Crippen LogP contribution < -0.4 is 0 Å². The van der Waals surface area contributed by atoms with E-state index < -0.39 is 0 Å². The van der Waals surface area contributed by atoms with Gasteiger partial charge in [-0.1, -0.05) is 19.0 Å². The van der Waals surface area contributed by atoms with E-state index in [9.17, 15) is 0 Å². The van der Waals surface area contributed by atoms with Gasteiger partial charge in [0, 0.05) is 12.6 Å². The fourth-order valence-corrected chi connectivity index (χ4v) is 1.06. The highest BCUT2D eigenvalue weighted by Crippen LogP contribution is 2.27. The molecule has 0 aromatic rings. The minimum Gasteiger partial charge on any atom is -0.389 e. The van der Waals surface area contributed by atoms with Crippen molar-refractivity contribution >= 4 is 6.21 Å². The van der Waals surface area contributed by atoms with Gasteiger partial charge < -0.3 is 4.84 Å². The van der Waals surface area contributed by atoms with E-state index in [1.807, 2.05) is 6.21 Å². The Morgan fingerprint density at radius 2 is 2.22 bits per heavy atom. The quantitative estimate of drug-likeness (QED) is 0.555. The van der Waals surface area contributed by atoms with Crippen molar-refractivity contribution in [2.75, 3.05) is 0 Å². The Morgan fingerprint density at radius 1 is 1.56 bits per heavy atom. The molecule has 0 bridgehead atoms. The molecule has 0 aromatic heterocycles. The van der Waals surface area contributed by atoms with E-state index in [1.54, 1.807) is 0 Å². The number of nitrogens with zero attached hydrogens (tertiary/aromatic N) is 1. The molecule has 1 aliphatic rings. The van der Waals surface area contributed by atoms with Crippen LogP contribution in [0.4, 0.5) is 0 Å². The predicted molar refractivity (Wildman–Crippen MR) is 37.5 cm³/mol. The Bertz CT molecular complexity index is 106. The lowest BCUT2D eigenvalue weighted by Crippen LogP contribution is -2.25. The van der Waals surface area contributed by atoms with Crippen LogP contribution in [0.3, 0.4) is 0 Å². The van der Waals surface area contributed by atoms with E-state index in [1.165, 1.54) is 0 Å². The molecule has 0 saturated carbocycles. The standard InChI is InChI=1S/C7H13NO/c1-3-7(4-2)5-6-8-9-7/h6H,3-5H2,1-2H3. The van der Waals surface area contributed by atoms with E-state index in [4.69, 9.17) is 4.84 Å². The Hall–Kier alpha value is -0.530. The summed E-state index contributed by atoms with van der Waals surface area (Å²) in [4.78, 5) is 5.21. The SMILES string of the molecule is CCC1(CC)CC=NO1. The Balaban J connectivity index is 2.50. The van der Waals surface area contributed by atoms with Crippen molar-refractivity contribution in [2.45, 2.75) is 38.7 Å². The molecular formula is C7H13NO. The molecule has 0 aromatic carbocycles. The van der Waals surface area contributed by atoms with Gasteiger partial charge in [0.05, 0.1) is 0 Å². The normalized spacial score (nSPS) is 22.0. The Morgan fingerprint density at radius 3 is 2.44 bits per heavy atom. The second-order valence-electron chi connectivity index (χ2n) is 2.47. The molecule has 0 aliphatic carbocycles. The van der Waals surface area contributed by atoms with Gasteiger partial charge in [-0.15, -0.1) is 0 Å². The van der Waals surface area contributed by atoms with Crippen LogP contribution in [-0.4, -0.2) is 11.8 Å². The minimum absolute atomic E-state index is 0.0556. The van der Waals surface area contributed by atoms with Crippen LogP contribution in [0.1, 0.15) is 33.1 Å². The summed E-state index contributed by atoms with van der Waals surface area (Å²) in [6, 6.07) is 0. The second-order valence-corrected chi connectivity index (χ2v) is 2.47. The van der Waals surface area contributed by atoms with Crippen molar-refractivity contribution < 1.29 is 4.84 Å². The van der Waals surface area contributed by atoms with Crippen LogP contribution in [0, 0.1) is 0 Å². The van der Waals surface area contributed by atoms with Crippen molar-refractivity contribution in [3.8, 4) is 0 Å². The molecule has 1 rings (SSSR count). The van der Waals surface area contributed by atoms with Crippen LogP contribution in [0.2, 0.25) is 0 Å². The summed E-state index contributed by atoms with van der Waals surface area (Å²) in [5, 5.41) is 3.75. The number of hydrogen-bond donors (Lipinski definition) is 0. The number of rotatable bonds is 2. The Kier molecular flexibility index (Phi) is 1.74. The molecule has 0 radical (unpaired) electrons. The minimum atomic E-state index is 0.0556. The molecule has 2 heteroatoms.